The highest BCUT2D eigenvalue weighted by molar-refractivity contribution is 8.13. The molecule has 1 rings (SSSR count). The van der Waals surface area contributed by atoms with Crippen molar-refractivity contribution in [1.82, 2.24) is 4.90 Å². The smallest absolute Gasteiger partial charge is 0.326 e. The van der Waals surface area contributed by atoms with Gasteiger partial charge in [0.05, 0.1) is 6.54 Å². The number of amides is 1. The molecule has 0 saturated carbocycles. The zero-order chi connectivity index (χ0) is 14.6. The number of carbonyl (C=O) groups is 4. The molecule has 106 valence electrons. The van der Waals surface area contributed by atoms with E-state index < -0.39 is 17.9 Å². The summed E-state index contributed by atoms with van der Waals surface area (Å²) < 4.78 is 0. The van der Waals surface area contributed by atoms with Crippen molar-refractivity contribution in [2.45, 2.75) is 32.7 Å². The fourth-order valence-corrected chi connectivity index (χ4v) is 2.77. The average molecular weight is 287 g/mol. The van der Waals surface area contributed by atoms with Gasteiger partial charge in [0.15, 0.2) is 10.9 Å². The summed E-state index contributed by atoms with van der Waals surface area (Å²) in [6, 6.07) is -1.06. The Kier molecular flexibility index (Phi) is 5.53. The molecule has 1 heterocycles. The van der Waals surface area contributed by atoms with E-state index in [-0.39, 0.29) is 29.8 Å². The monoisotopic (exact) mass is 287 g/mol. The lowest BCUT2D eigenvalue weighted by atomic mass is 10.1. The molecule has 0 aromatic heterocycles. The van der Waals surface area contributed by atoms with Crippen LogP contribution in [-0.4, -0.2) is 51.1 Å². The van der Waals surface area contributed by atoms with E-state index in [0.29, 0.717) is 12.2 Å². The minimum atomic E-state index is -1.16. The first-order chi connectivity index (χ1) is 8.86. The molecule has 0 aliphatic carbocycles. The van der Waals surface area contributed by atoms with Crippen LogP contribution in [0.2, 0.25) is 0 Å². The SMILES string of the molecule is CC[C@H](CSC(C)=O)C(=O)N1CC(=O)C[C@H]1C(=O)O. The molecule has 1 saturated heterocycles. The Balaban J connectivity index is 2.75. The standard InChI is InChI=1S/C12H17NO5S/c1-3-8(6-19-7(2)14)11(16)13-5-9(15)4-10(13)12(17)18/h8,10H,3-6H2,1-2H3,(H,17,18)/t8-,10+/m1/s1. The van der Waals surface area contributed by atoms with Gasteiger partial charge >= 0.3 is 5.97 Å². The van der Waals surface area contributed by atoms with Crippen molar-refractivity contribution in [3.8, 4) is 0 Å². The van der Waals surface area contributed by atoms with Gasteiger partial charge in [-0.3, -0.25) is 14.4 Å². The summed E-state index contributed by atoms with van der Waals surface area (Å²) in [7, 11) is 0. The maximum Gasteiger partial charge on any atom is 0.326 e. The Morgan fingerprint density at radius 3 is 2.58 bits per heavy atom. The first kappa shape index (κ1) is 15.7. The summed E-state index contributed by atoms with van der Waals surface area (Å²) in [6.07, 6.45) is 0.382. The molecule has 7 heteroatoms. The normalized spacial score (nSPS) is 20.4. The van der Waals surface area contributed by atoms with Gasteiger partial charge in [-0.2, -0.15) is 0 Å². The van der Waals surface area contributed by atoms with Gasteiger partial charge in [0, 0.05) is 25.0 Å². The molecule has 0 bridgehead atoms. The van der Waals surface area contributed by atoms with Gasteiger partial charge in [0.2, 0.25) is 5.91 Å². The Labute approximate surface area is 115 Å². The molecule has 0 spiro atoms. The number of aliphatic carboxylic acids is 1. The van der Waals surface area contributed by atoms with E-state index in [0.717, 1.165) is 16.7 Å². The predicted octanol–water partition coefficient (Wildman–Crippen LogP) is 0.547. The first-order valence-electron chi connectivity index (χ1n) is 6.05. The number of carboxylic acid groups (broad SMARTS) is 1. The highest BCUT2D eigenvalue weighted by atomic mass is 32.2. The molecule has 1 aliphatic rings. The number of ketones is 1. The molecule has 1 aliphatic heterocycles. The Morgan fingerprint density at radius 2 is 2.11 bits per heavy atom. The molecule has 19 heavy (non-hydrogen) atoms. The van der Waals surface area contributed by atoms with E-state index in [2.05, 4.69) is 0 Å². The summed E-state index contributed by atoms with van der Waals surface area (Å²) in [4.78, 5) is 46.6. The lowest BCUT2D eigenvalue weighted by molar-refractivity contribution is -0.149. The Bertz CT molecular complexity index is 409. The van der Waals surface area contributed by atoms with Crippen LogP contribution in [0, 0.1) is 5.92 Å². The Morgan fingerprint density at radius 1 is 1.47 bits per heavy atom. The topological polar surface area (TPSA) is 91.8 Å². The van der Waals surface area contributed by atoms with Gasteiger partial charge in [0.1, 0.15) is 6.04 Å². The van der Waals surface area contributed by atoms with Crippen molar-refractivity contribution >= 4 is 34.5 Å². The first-order valence-corrected chi connectivity index (χ1v) is 7.03. The van der Waals surface area contributed by atoms with Gasteiger partial charge in [0.25, 0.3) is 0 Å². The van der Waals surface area contributed by atoms with Crippen LogP contribution in [0.1, 0.15) is 26.7 Å². The molecule has 0 aromatic rings. The van der Waals surface area contributed by atoms with E-state index >= 15 is 0 Å². The number of Topliss-reactive ketones (excluding diaryl/α,β-unsaturated/α-hetero) is 1. The van der Waals surface area contributed by atoms with Crippen LogP contribution in [-0.2, 0) is 19.2 Å². The molecule has 0 aromatic carbocycles. The molecular formula is C12H17NO5S. The van der Waals surface area contributed by atoms with Crippen molar-refractivity contribution < 1.29 is 24.3 Å². The van der Waals surface area contributed by atoms with Crippen molar-refractivity contribution in [2.75, 3.05) is 12.3 Å². The molecule has 1 N–H and O–H groups in total. The van der Waals surface area contributed by atoms with Crippen LogP contribution in [0.25, 0.3) is 0 Å². The van der Waals surface area contributed by atoms with E-state index in [4.69, 9.17) is 5.11 Å². The number of hydrogen-bond acceptors (Lipinski definition) is 5. The Hall–Kier alpha value is -1.37. The summed E-state index contributed by atoms with van der Waals surface area (Å²) in [6.45, 7) is 3.08. The zero-order valence-corrected chi connectivity index (χ0v) is 11.7. The largest absolute Gasteiger partial charge is 0.480 e. The second kappa shape index (κ2) is 6.70. The van der Waals surface area contributed by atoms with Gasteiger partial charge in [-0.1, -0.05) is 18.7 Å². The van der Waals surface area contributed by atoms with E-state index in [1.54, 1.807) is 6.92 Å². The lowest BCUT2D eigenvalue weighted by Gasteiger charge is -2.25. The van der Waals surface area contributed by atoms with Crippen molar-refractivity contribution in [3.63, 3.8) is 0 Å². The van der Waals surface area contributed by atoms with Crippen molar-refractivity contribution in [2.24, 2.45) is 5.92 Å². The minimum absolute atomic E-state index is 0.0847. The maximum atomic E-state index is 12.2. The van der Waals surface area contributed by atoms with Crippen LogP contribution in [0.15, 0.2) is 0 Å². The number of rotatable bonds is 5. The van der Waals surface area contributed by atoms with Crippen LogP contribution in [0.4, 0.5) is 0 Å². The maximum absolute atomic E-state index is 12.2. The fraction of sp³-hybridized carbons (Fsp3) is 0.667. The molecule has 1 amide bonds. The number of thioether (sulfide) groups is 1. The lowest BCUT2D eigenvalue weighted by Crippen LogP contribution is -2.44. The minimum Gasteiger partial charge on any atom is -0.480 e. The van der Waals surface area contributed by atoms with Gasteiger partial charge in [-0.05, 0) is 6.42 Å². The molecular weight excluding hydrogens is 270 g/mol. The van der Waals surface area contributed by atoms with Gasteiger partial charge in [-0.15, -0.1) is 0 Å². The molecule has 0 unspecified atom stereocenters. The molecule has 0 radical (unpaired) electrons. The zero-order valence-electron chi connectivity index (χ0n) is 10.9. The summed E-state index contributed by atoms with van der Waals surface area (Å²) >= 11 is 1.04. The summed E-state index contributed by atoms with van der Waals surface area (Å²) in [5.41, 5.74) is 0. The second-order valence-corrected chi connectivity index (χ2v) is 5.67. The highest BCUT2D eigenvalue weighted by Crippen LogP contribution is 2.22. The van der Waals surface area contributed by atoms with Crippen LogP contribution < -0.4 is 0 Å². The van der Waals surface area contributed by atoms with Crippen LogP contribution in [0.3, 0.4) is 0 Å². The number of carbonyl (C=O) groups excluding carboxylic acids is 3. The third-order valence-electron chi connectivity index (χ3n) is 3.04. The van der Waals surface area contributed by atoms with Crippen molar-refractivity contribution in [3.05, 3.63) is 0 Å². The second-order valence-electron chi connectivity index (χ2n) is 4.47. The quantitative estimate of drug-likeness (QED) is 0.793. The van der Waals surface area contributed by atoms with Gasteiger partial charge < -0.3 is 10.0 Å². The van der Waals surface area contributed by atoms with Crippen molar-refractivity contribution in [1.29, 1.82) is 0 Å². The molecule has 6 nitrogen and oxygen atoms in total. The third kappa shape index (κ3) is 4.05. The summed E-state index contributed by atoms with van der Waals surface area (Å²) in [5, 5.41) is 8.93. The molecule has 2 atom stereocenters. The number of nitrogens with zero attached hydrogens (tertiary/aromatic N) is 1. The highest BCUT2D eigenvalue weighted by Gasteiger charge is 2.40. The number of hydrogen-bond donors (Lipinski definition) is 1. The van der Waals surface area contributed by atoms with E-state index in [1.807, 2.05) is 0 Å². The van der Waals surface area contributed by atoms with E-state index in [9.17, 15) is 19.2 Å². The molecule has 1 fully saturated rings. The third-order valence-corrected chi connectivity index (χ3v) is 4.02. The average Bonchev–Trinajstić information content (AvgIpc) is 2.71. The van der Waals surface area contributed by atoms with Gasteiger partial charge in [-0.25, -0.2) is 4.79 Å². The number of likely N-dealkylation sites (tertiary alicyclic amines) is 1. The van der Waals surface area contributed by atoms with E-state index in [1.165, 1.54) is 6.92 Å². The van der Waals surface area contributed by atoms with Crippen LogP contribution in [0.5, 0.6) is 0 Å². The number of carboxylic acids is 1. The summed E-state index contributed by atoms with van der Waals surface area (Å²) in [5.74, 6) is -1.86. The van der Waals surface area contributed by atoms with Crippen LogP contribution >= 0.6 is 11.8 Å². The predicted molar refractivity (Wildman–Crippen MR) is 69.7 cm³/mol. The fourth-order valence-electron chi connectivity index (χ4n) is 1.96.